The van der Waals surface area contributed by atoms with E-state index in [4.69, 9.17) is 22.1 Å². The molecule has 1 heterocycles. The molecule has 21 heavy (non-hydrogen) atoms. The summed E-state index contributed by atoms with van der Waals surface area (Å²) >= 11 is 5.97. The summed E-state index contributed by atoms with van der Waals surface area (Å²) in [7, 11) is -2.36. The van der Waals surface area contributed by atoms with Gasteiger partial charge in [0, 0.05) is 6.54 Å². The van der Waals surface area contributed by atoms with Crippen LogP contribution in [0.3, 0.4) is 0 Å². The Hall–Kier alpha value is -1.31. The van der Waals surface area contributed by atoms with Gasteiger partial charge in [-0.3, -0.25) is 4.79 Å². The third-order valence-electron chi connectivity index (χ3n) is 3.51. The number of hydrogen-bond donors (Lipinski definition) is 1. The van der Waals surface area contributed by atoms with E-state index in [1.165, 1.54) is 25.3 Å². The van der Waals surface area contributed by atoms with Crippen LogP contribution in [-0.2, 0) is 14.8 Å². The van der Waals surface area contributed by atoms with Crippen LogP contribution >= 0.6 is 11.6 Å². The van der Waals surface area contributed by atoms with Crippen LogP contribution in [0, 0.1) is 0 Å². The Morgan fingerprint density at radius 2 is 2.14 bits per heavy atom. The summed E-state index contributed by atoms with van der Waals surface area (Å²) < 4.78 is 31.5. The standard InChI is InChI=1S/C13H17ClN2O4S/c1-20-12-6-5-9(8-10(12)14)21(18,19)16-7-3-2-4-11(16)13(15)17/h5-6,8,11H,2-4,7H2,1H3,(H2,15,17)/t11-/m1/s1. The van der Waals surface area contributed by atoms with Gasteiger partial charge < -0.3 is 10.5 Å². The Morgan fingerprint density at radius 1 is 1.43 bits per heavy atom. The van der Waals surface area contributed by atoms with Crippen LogP contribution in [-0.4, -0.2) is 38.3 Å². The second kappa shape index (κ2) is 6.21. The quantitative estimate of drug-likeness (QED) is 0.901. The summed E-state index contributed by atoms with van der Waals surface area (Å²) in [6, 6.07) is 3.41. The zero-order valence-corrected chi connectivity index (χ0v) is 13.2. The largest absolute Gasteiger partial charge is 0.495 e. The number of nitrogens with zero attached hydrogens (tertiary/aromatic N) is 1. The lowest BCUT2D eigenvalue weighted by Gasteiger charge is -2.32. The fourth-order valence-electron chi connectivity index (χ4n) is 2.42. The second-order valence-electron chi connectivity index (χ2n) is 4.83. The maximum atomic E-state index is 12.7. The molecule has 1 aliphatic rings. The van der Waals surface area contributed by atoms with Crippen molar-refractivity contribution in [3.8, 4) is 5.75 Å². The number of ether oxygens (including phenoxy) is 1. The Morgan fingerprint density at radius 3 is 2.71 bits per heavy atom. The number of carbonyl (C=O) groups is 1. The number of primary amides is 1. The summed E-state index contributed by atoms with van der Waals surface area (Å²) in [5.41, 5.74) is 5.32. The molecular formula is C13H17ClN2O4S. The number of piperidine rings is 1. The van der Waals surface area contributed by atoms with E-state index >= 15 is 0 Å². The van der Waals surface area contributed by atoms with E-state index in [0.717, 1.165) is 10.7 Å². The van der Waals surface area contributed by atoms with Crippen LogP contribution in [0.5, 0.6) is 5.75 Å². The van der Waals surface area contributed by atoms with Crippen LogP contribution < -0.4 is 10.5 Å². The first-order chi connectivity index (χ1) is 9.87. The number of halogens is 1. The van der Waals surface area contributed by atoms with E-state index in [2.05, 4.69) is 0 Å². The summed E-state index contributed by atoms with van der Waals surface area (Å²) in [5, 5.41) is 0.200. The van der Waals surface area contributed by atoms with Gasteiger partial charge in [0.25, 0.3) is 0 Å². The molecule has 1 saturated heterocycles. The molecular weight excluding hydrogens is 316 g/mol. The molecule has 1 aliphatic heterocycles. The molecule has 1 fully saturated rings. The van der Waals surface area contributed by atoms with Crippen molar-refractivity contribution in [2.45, 2.75) is 30.2 Å². The van der Waals surface area contributed by atoms with Crippen molar-refractivity contribution < 1.29 is 17.9 Å². The van der Waals surface area contributed by atoms with Gasteiger partial charge in [-0.15, -0.1) is 0 Å². The third-order valence-corrected chi connectivity index (χ3v) is 5.71. The molecule has 2 N–H and O–H groups in total. The summed E-state index contributed by atoms with van der Waals surface area (Å²) in [6.45, 7) is 0.277. The van der Waals surface area contributed by atoms with Gasteiger partial charge >= 0.3 is 0 Å². The lowest BCUT2D eigenvalue weighted by atomic mass is 10.0. The molecule has 1 amide bonds. The molecule has 8 heteroatoms. The molecule has 6 nitrogen and oxygen atoms in total. The van der Waals surface area contributed by atoms with Crippen LogP contribution in [0.25, 0.3) is 0 Å². The molecule has 1 aromatic carbocycles. The first-order valence-electron chi connectivity index (χ1n) is 6.52. The van der Waals surface area contributed by atoms with E-state index in [9.17, 15) is 13.2 Å². The minimum absolute atomic E-state index is 0.0291. The van der Waals surface area contributed by atoms with Gasteiger partial charge in [0.2, 0.25) is 15.9 Å². The normalized spacial score (nSPS) is 20.2. The Balaban J connectivity index is 2.40. The van der Waals surface area contributed by atoms with Crippen LogP contribution in [0.4, 0.5) is 0 Å². The van der Waals surface area contributed by atoms with Gasteiger partial charge in [-0.05, 0) is 31.0 Å². The van der Waals surface area contributed by atoms with E-state index in [0.29, 0.717) is 18.6 Å². The smallest absolute Gasteiger partial charge is 0.243 e. The van der Waals surface area contributed by atoms with Crippen molar-refractivity contribution in [3.05, 3.63) is 23.2 Å². The minimum atomic E-state index is -3.81. The Kier molecular flexibility index (Phi) is 4.75. The van der Waals surface area contributed by atoms with E-state index < -0.39 is 22.0 Å². The molecule has 2 rings (SSSR count). The number of benzene rings is 1. The summed E-state index contributed by atoms with van der Waals surface area (Å²) in [5.74, 6) is -0.237. The SMILES string of the molecule is COc1ccc(S(=O)(=O)N2CCCC[C@@H]2C(N)=O)cc1Cl. The number of rotatable bonds is 4. The predicted octanol–water partition coefficient (Wildman–Crippen LogP) is 1.38. The second-order valence-corrected chi connectivity index (χ2v) is 7.12. The highest BCUT2D eigenvalue weighted by Gasteiger charge is 2.36. The molecule has 0 radical (unpaired) electrons. The highest BCUT2D eigenvalue weighted by Crippen LogP contribution is 2.30. The van der Waals surface area contributed by atoms with Crippen molar-refractivity contribution >= 4 is 27.5 Å². The summed E-state index contributed by atoms with van der Waals surface area (Å²) in [4.78, 5) is 11.5. The fraction of sp³-hybridized carbons (Fsp3) is 0.462. The summed E-state index contributed by atoms with van der Waals surface area (Å²) in [6.07, 6.45) is 1.92. The van der Waals surface area contributed by atoms with Gasteiger partial charge in [-0.2, -0.15) is 4.31 Å². The van der Waals surface area contributed by atoms with Crippen molar-refractivity contribution in [3.63, 3.8) is 0 Å². The van der Waals surface area contributed by atoms with Crippen LogP contribution in [0.2, 0.25) is 5.02 Å². The Labute approximate surface area is 128 Å². The van der Waals surface area contributed by atoms with Crippen molar-refractivity contribution in [1.29, 1.82) is 0 Å². The maximum absolute atomic E-state index is 12.7. The average molecular weight is 333 g/mol. The molecule has 0 aromatic heterocycles. The van der Waals surface area contributed by atoms with Crippen molar-refractivity contribution in [2.24, 2.45) is 5.73 Å². The van der Waals surface area contributed by atoms with Crippen molar-refractivity contribution in [1.82, 2.24) is 4.31 Å². The molecule has 0 saturated carbocycles. The lowest BCUT2D eigenvalue weighted by Crippen LogP contribution is -2.50. The molecule has 0 bridgehead atoms. The van der Waals surface area contributed by atoms with Gasteiger partial charge in [-0.25, -0.2) is 8.42 Å². The zero-order chi connectivity index (χ0) is 15.6. The molecule has 0 spiro atoms. The third kappa shape index (κ3) is 3.14. The molecule has 0 aliphatic carbocycles. The number of carbonyl (C=O) groups excluding carboxylic acids is 1. The fourth-order valence-corrected chi connectivity index (χ4v) is 4.43. The van der Waals surface area contributed by atoms with Gasteiger partial charge in [-0.1, -0.05) is 18.0 Å². The molecule has 0 unspecified atom stereocenters. The monoisotopic (exact) mass is 332 g/mol. The number of hydrogen-bond acceptors (Lipinski definition) is 4. The van der Waals surface area contributed by atoms with Gasteiger partial charge in [0.15, 0.2) is 0 Å². The number of sulfonamides is 1. The molecule has 1 atom stereocenters. The van der Waals surface area contributed by atoms with Gasteiger partial charge in [0.05, 0.1) is 17.0 Å². The van der Waals surface area contributed by atoms with Crippen molar-refractivity contribution in [2.75, 3.05) is 13.7 Å². The predicted molar refractivity (Wildman–Crippen MR) is 78.7 cm³/mol. The Bertz CT molecular complexity index is 648. The highest BCUT2D eigenvalue weighted by atomic mass is 35.5. The van der Waals surface area contributed by atoms with E-state index in [1.807, 2.05) is 0 Å². The molecule has 116 valence electrons. The maximum Gasteiger partial charge on any atom is 0.243 e. The van der Waals surface area contributed by atoms with Crippen LogP contribution in [0.1, 0.15) is 19.3 Å². The average Bonchev–Trinajstić information content (AvgIpc) is 2.47. The molecule has 1 aromatic rings. The number of amides is 1. The number of methoxy groups -OCH3 is 1. The number of nitrogens with two attached hydrogens (primary N) is 1. The lowest BCUT2D eigenvalue weighted by molar-refractivity contribution is -0.122. The van der Waals surface area contributed by atoms with Gasteiger partial charge in [0.1, 0.15) is 11.8 Å². The van der Waals surface area contributed by atoms with E-state index in [-0.39, 0.29) is 16.5 Å². The topological polar surface area (TPSA) is 89.7 Å². The minimum Gasteiger partial charge on any atom is -0.495 e. The first-order valence-corrected chi connectivity index (χ1v) is 8.34. The van der Waals surface area contributed by atoms with Crippen LogP contribution in [0.15, 0.2) is 23.1 Å². The first kappa shape index (κ1) is 16.1. The van der Waals surface area contributed by atoms with E-state index in [1.54, 1.807) is 0 Å². The zero-order valence-electron chi connectivity index (χ0n) is 11.6. The highest BCUT2D eigenvalue weighted by molar-refractivity contribution is 7.89.